The summed E-state index contributed by atoms with van der Waals surface area (Å²) < 4.78 is 1.93. The van der Waals surface area contributed by atoms with Crippen molar-refractivity contribution in [2.45, 2.75) is 25.9 Å². The molecule has 0 aliphatic carbocycles. The third-order valence-electron chi connectivity index (χ3n) is 2.57. The van der Waals surface area contributed by atoms with Gasteiger partial charge in [-0.25, -0.2) is 9.97 Å². The second-order valence-electron chi connectivity index (χ2n) is 3.91. The number of thiazole rings is 1. The highest BCUT2D eigenvalue weighted by Gasteiger charge is 2.14. The molecule has 0 aliphatic rings. The molecule has 0 saturated carbocycles. The first-order chi connectivity index (χ1) is 8.69. The van der Waals surface area contributed by atoms with Crippen LogP contribution in [0.3, 0.4) is 0 Å². The molecule has 1 atom stereocenters. The van der Waals surface area contributed by atoms with Crippen LogP contribution in [-0.4, -0.2) is 26.5 Å². The van der Waals surface area contributed by atoms with Crippen molar-refractivity contribution in [2.75, 3.05) is 5.73 Å². The van der Waals surface area contributed by atoms with Crippen molar-refractivity contribution in [2.24, 2.45) is 0 Å². The number of nitrogens with zero attached hydrogens (tertiary/aromatic N) is 3. The summed E-state index contributed by atoms with van der Waals surface area (Å²) in [6.07, 6.45) is 6.16. The van der Waals surface area contributed by atoms with Gasteiger partial charge in [0.1, 0.15) is 5.69 Å². The molecule has 7 heteroatoms. The molecule has 18 heavy (non-hydrogen) atoms. The number of rotatable bonds is 5. The van der Waals surface area contributed by atoms with Crippen molar-refractivity contribution in [1.82, 2.24) is 19.9 Å². The molecular weight excluding hydrogens is 250 g/mol. The minimum atomic E-state index is -0.185. The van der Waals surface area contributed by atoms with Gasteiger partial charge in [-0.15, -0.1) is 11.3 Å². The zero-order valence-electron chi connectivity index (χ0n) is 10.0. The normalized spacial score (nSPS) is 12.3. The maximum absolute atomic E-state index is 11.9. The molecule has 0 saturated heterocycles. The number of amides is 1. The summed E-state index contributed by atoms with van der Waals surface area (Å²) in [6.45, 7) is 2.72. The van der Waals surface area contributed by atoms with E-state index in [0.29, 0.717) is 17.4 Å². The Morgan fingerprint density at radius 2 is 2.50 bits per heavy atom. The van der Waals surface area contributed by atoms with Crippen molar-refractivity contribution in [3.8, 4) is 0 Å². The molecule has 2 aromatic rings. The first kappa shape index (κ1) is 12.6. The maximum atomic E-state index is 11.9. The Morgan fingerprint density at radius 3 is 3.06 bits per heavy atom. The van der Waals surface area contributed by atoms with Crippen LogP contribution >= 0.6 is 11.3 Å². The number of carbonyl (C=O) groups excluding carboxylic acids is 1. The third kappa shape index (κ3) is 3.07. The molecule has 0 aromatic carbocycles. The highest BCUT2D eigenvalue weighted by atomic mass is 32.1. The van der Waals surface area contributed by atoms with Crippen LogP contribution in [0.15, 0.2) is 24.1 Å². The topological polar surface area (TPSA) is 85.8 Å². The van der Waals surface area contributed by atoms with Crippen LogP contribution in [0.4, 0.5) is 5.13 Å². The summed E-state index contributed by atoms with van der Waals surface area (Å²) in [5.74, 6) is -0.185. The minimum Gasteiger partial charge on any atom is -0.375 e. The van der Waals surface area contributed by atoms with Crippen LogP contribution in [-0.2, 0) is 6.54 Å². The smallest absolute Gasteiger partial charge is 0.271 e. The second-order valence-corrected chi connectivity index (χ2v) is 4.80. The van der Waals surface area contributed by atoms with E-state index in [0.717, 1.165) is 6.42 Å². The molecule has 0 spiro atoms. The molecule has 0 aliphatic heterocycles. The number of hydrogen-bond acceptors (Lipinski definition) is 5. The molecular formula is C11H15N5OS. The zero-order chi connectivity index (χ0) is 13.0. The van der Waals surface area contributed by atoms with Gasteiger partial charge in [-0.2, -0.15) is 0 Å². The fourth-order valence-corrected chi connectivity index (χ4v) is 2.12. The van der Waals surface area contributed by atoms with Gasteiger partial charge in [0.05, 0.1) is 6.33 Å². The first-order valence-corrected chi connectivity index (χ1v) is 6.54. The van der Waals surface area contributed by atoms with E-state index in [1.54, 1.807) is 17.9 Å². The highest BCUT2D eigenvalue weighted by molar-refractivity contribution is 7.13. The predicted octanol–water partition coefficient (Wildman–Crippen LogP) is 1.13. The van der Waals surface area contributed by atoms with Gasteiger partial charge in [0.25, 0.3) is 5.91 Å². The number of nitrogen functional groups attached to an aromatic ring is 1. The summed E-state index contributed by atoms with van der Waals surface area (Å²) in [6, 6.07) is 0.0506. The lowest BCUT2D eigenvalue weighted by atomic mass is 10.2. The highest BCUT2D eigenvalue weighted by Crippen LogP contribution is 2.11. The number of carbonyl (C=O) groups is 1. The molecule has 96 valence electrons. The number of nitrogens with one attached hydrogen (secondary N) is 1. The molecule has 0 fully saturated rings. The Bertz CT molecular complexity index is 507. The Kier molecular flexibility index (Phi) is 3.93. The lowest BCUT2D eigenvalue weighted by Gasteiger charge is -2.16. The standard InChI is InChI=1S/C11H15N5OS/c1-2-8(5-16-4-3-13-7-16)14-10(17)9-6-18-11(12)15-9/h3-4,6-8H,2,5H2,1H3,(H2,12,15)(H,14,17)/t8-/m0/s1. The van der Waals surface area contributed by atoms with E-state index < -0.39 is 0 Å². The molecule has 0 bridgehead atoms. The van der Waals surface area contributed by atoms with Gasteiger partial charge in [-0.1, -0.05) is 6.92 Å². The first-order valence-electron chi connectivity index (χ1n) is 5.66. The molecule has 2 heterocycles. The number of anilines is 1. The summed E-state index contributed by atoms with van der Waals surface area (Å²) in [5.41, 5.74) is 5.88. The van der Waals surface area contributed by atoms with Crippen LogP contribution in [0, 0.1) is 0 Å². The van der Waals surface area contributed by atoms with Gasteiger partial charge in [0, 0.05) is 30.4 Å². The zero-order valence-corrected chi connectivity index (χ0v) is 10.9. The third-order valence-corrected chi connectivity index (χ3v) is 3.25. The Hall–Kier alpha value is -1.89. The molecule has 2 rings (SSSR count). The van der Waals surface area contributed by atoms with Crippen molar-refractivity contribution >= 4 is 22.4 Å². The summed E-state index contributed by atoms with van der Waals surface area (Å²) in [5, 5.41) is 5.00. The minimum absolute atomic E-state index is 0.0506. The van der Waals surface area contributed by atoms with Crippen LogP contribution in [0.2, 0.25) is 0 Å². The number of hydrogen-bond donors (Lipinski definition) is 2. The SMILES string of the molecule is CC[C@@H](Cn1ccnc1)NC(=O)c1csc(N)n1. The fraction of sp³-hybridized carbons (Fsp3) is 0.364. The van der Waals surface area contributed by atoms with Crippen LogP contribution in [0.5, 0.6) is 0 Å². The van der Waals surface area contributed by atoms with E-state index in [2.05, 4.69) is 15.3 Å². The van der Waals surface area contributed by atoms with E-state index in [1.165, 1.54) is 11.3 Å². The molecule has 0 unspecified atom stereocenters. The molecule has 6 nitrogen and oxygen atoms in total. The number of imidazole rings is 1. The second kappa shape index (κ2) is 5.63. The van der Waals surface area contributed by atoms with E-state index in [4.69, 9.17) is 5.73 Å². The fourth-order valence-electron chi connectivity index (χ4n) is 1.58. The lowest BCUT2D eigenvalue weighted by Crippen LogP contribution is -2.37. The average molecular weight is 265 g/mol. The van der Waals surface area contributed by atoms with Crippen molar-refractivity contribution in [3.05, 3.63) is 29.8 Å². The Balaban J connectivity index is 1.96. The van der Waals surface area contributed by atoms with Crippen LogP contribution in [0.25, 0.3) is 0 Å². The summed E-state index contributed by atoms with van der Waals surface area (Å²) >= 11 is 1.26. The van der Waals surface area contributed by atoms with Crippen LogP contribution in [0.1, 0.15) is 23.8 Å². The van der Waals surface area contributed by atoms with Crippen molar-refractivity contribution in [1.29, 1.82) is 0 Å². The van der Waals surface area contributed by atoms with Gasteiger partial charge in [-0.3, -0.25) is 4.79 Å². The van der Waals surface area contributed by atoms with E-state index in [9.17, 15) is 4.79 Å². The summed E-state index contributed by atoms with van der Waals surface area (Å²) in [7, 11) is 0. The monoisotopic (exact) mass is 265 g/mol. The maximum Gasteiger partial charge on any atom is 0.271 e. The van der Waals surface area contributed by atoms with E-state index >= 15 is 0 Å². The van der Waals surface area contributed by atoms with Gasteiger partial charge in [0.2, 0.25) is 0 Å². The van der Waals surface area contributed by atoms with Gasteiger partial charge in [-0.05, 0) is 6.42 Å². The Labute approximate surface area is 109 Å². The summed E-state index contributed by atoms with van der Waals surface area (Å²) in [4.78, 5) is 19.8. The van der Waals surface area contributed by atoms with Crippen molar-refractivity contribution < 1.29 is 4.79 Å². The predicted molar refractivity (Wildman–Crippen MR) is 70.3 cm³/mol. The number of aromatic nitrogens is 3. The molecule has 3 N–H and O–H groups in total. The van der Waals surface area contributed by atoms with Gasteiger partial charge in [0.15, 0.2) is 5.13 Å². The van der Waals surface area contributed by atoms with Gasteiger partial charge >= 0.3 is 0 Å². The van der Waals surface area contributed by atoms with Crippen LogP contribution < -0.4 is 11.1 Å². The van der Waals surface area contributed by atoms with E-state index in [1.807, 2.05) is 17.7 Å². The quantitative estimate of drug-likeness (QED) is 0.848. The molecule has 2 aromatic heterocycles. The molecule has 1 amide bonds. The van der Waals surface area contributed by atoms with E-state index in [-0.39, 0.29) is 11.9 Å². The molecule has 0 radical (unpaired) electrons. The number of nitrogens with two attached hydrogens (primary N) is 1. The largest absolute Gasteiger partial charge is 0.375 e. The Morgan fingerprint density at radius 1 is 1.67 bits per heavy atom. The van der Waals surface area contributed by atoms with Gasteiger partial charge < -0.3 is 15.6 Å². The average Bonchev–Trinajstić information content (AvgIpc) is 2.99. The lowest BCUT2D eigenvalue weighted by molar-refractivity contribution is 0.0927. The van der Waals surface area contributed by atoms with Crippen molar-refractivity contribution in [3.63, 3.8) is 0 Å².